The van der Waals surface area contributed by atoms with Gasteiger partial charge in [0.1, 0.15) is 0 Å². The van der Waals surface area contributed by atoms with E-state index in [1.54, 1.807) is 0 Å². The lowest BCUT2D eigenvalue weighted by molar-refractivity contribution is 1.55. The molecule has 0 radical (unpaired) electrons. The molecule has 8 aromatic rings. The summed E-state index contributed by atoms with van der Waals surface area (Å²) < 4.78 is 0. The fourth-order valence-electron chi connectivity index (χ4n) is 6.26. The second-order valence-corrected chi connectivity index (χ2v) is 10.7. The highest BCUT2D eigenvalue weighted by molar-refractivity contribution is 6.13. The van der Waals surface area contributed by atoms with Crippen molar-refractivity contribution in [3.8, 4) is 22.3 Å². The van der Waals surface area contributed by atoms with Crippen LogP contribution in [0.25, 0.3) is 65.3 Å². The highest BCUT2D eigenvalue weighted by Gasteiger charge is 2.11. The number of anilines is 2. The highest BCUT2D eigenvalue weighted by atomic mass is 14.9. The number of hydrogen-bond acceptors (Lipinski definition) is 1. The first-order chi connectivity index (χ1) is 20.3. The van der Waals surface area contributed by atoms with Crippen molar-refractivity contribution in [1.82, 2.24) is 0 Å². The molecule has 0 aromatic heterocycles. The molecular weight excluding hydrogens is 494 g/mol. The summed E-state index contributed by atoms with van der Waals surface area (Å²) in [7, 11) is 0. The summed E-state index contributed by atoms with van der Waals surface area (Å²) in [6.45, 7) is 0. The van der Waals surface area contributed by atoms with Gasteiger partial charge in [-0.15, -0.1) is 0 Å². The Morgan fingerprint density at radius 2 is 0.585 bits per heavy atom. The van der Waals surface area contributed by atoms with Crippen LogP contribution in [0.15, 0.2) is 158 Å². The van der Waals surface area contributed by atoms with E-state index < -0.39 is 0 Å². The third-order valence-corrected chi connectivity index (χ3v) is 8.18. The standard InChI is InChI=1S/C40H27N/c1-5-13-35-29(9-1)25-30-10-2-6-14-36(30)39(35)27-17-21-33(22-18-27)41-34-23-19-28(20-24-34)40-37-15-7-3-11-31(37)26-32-12-4-8-16-38(32)40/h1-26,41H. The van der Waals surface area contributed by atoms with E-state index in [0.717, 1.165) is 11.4 Å². The summed E-state index contributed by atoms with van der Waals surface area (Å²) in [5.74, 6) is 0. The molecular formula is C40H27N. The fourth-order valence-corrected chi connectivity index (χ4v) is 6.26. The van der Waals surface area contributed by atoms with Gasteiger partial charge in [-0.1, -0.05) is 121 Å². The van der Waals surface area contributed by atoms with E-state index in [4.69, 9.17) is 0 Å². The first-order valence-corrected chi connectivity index (χ1v) is 14.1. The van der Waals surface area contributed by atoms with Gasteiger partial charge in [0.2, 0.25) is 0 Å². The van der Waals surface area contributed by atoms with E-state index in [1.165, 1.54) is 65.3 Å². The van der Waals surface area contributed by atoms with Crippen LogP contribution in [0.1, 0.15) is 0 Å². The second kappa shape index (κ2) is 9.66. The first-order valence-electron chi connectivity index (χ1n) is 14.1. The summed E-state index contributed by atoms with van der Waals surface area (Å²) in [5, 5.41) is 13.8. The van der Waals surface area contributed by atoms with Crippen molar-refractivity contribution in [2.75, 3.05) is 5.32 Å². The fraction of sp³-hybridized carbons (Fsp3) is 0. The molecule has 0 bridgehead atoms. The minimum Gasteiger partial charge on any atom is -0.356 e. The minimum absolute atomic E-state index is 1.07. The van der Waals surface area contributed by atoms with Gasteiger partial charge in [0.15, 0.2) is 0 Å². The average molecular weight is 522 g/mol. The summed E-state index contributed by atoms with van der Waals surface area (Å²) >= 11 is 0. The van der Waals surface area contributed by atoms with Gasteiger partial charge in [-0.05, 0) is 102 Å². The van der Waals surface area contributed by atoms with Crippen molar-refractivity contribution < 1.29 is 0 Å². The summed E-state index contributed by atoms with van der Waals surface area (Å²) in [6.07, 6.45) is 0. The summed E-state index contributed by atoms with van der Waals surface area (Å²) in [6, 6.07) is 56.9. The largest absolute Gasteiger partial charge is 0.356 e. The predicted octanol–water partition coefficient (Wildman–Crippen LogP) is 11.4. The Morgan fingerprint density at radius 3 is 0.902 bits per heavy atom. The second-order valence-electron chi connectivity index (χ2n) is 10.7. The van der Waals surface area contributed by atoms with Crippen LogP contribution in [0, 0.1) is 0 Å². The molecule has 192 valence electrons. The minimum atomic E-state index is 1.07. The molecule has 0 saturated carbocycles. The van der Waals surface area contributed by atoms with Crippen molar-refractivity contribution in [2.45, 2.75) is 0 Å². The van der Waals surface area contributed by atoms with E-state index in [9.17, 15) is 0 Å². The zero-order valence-electron chi connectivity index (χ0n) is 22.5. The third kappa shape index (κ3) is 4.11. The Kier molecular flexibility index (Phi) is 5.53. The normalized spacial score (nSPS) is 11.4. The predicted molar refractivity (Wildman–Crippen MR) is 177 cm³/mol. The molecule has 0 unspecified atom stereocenters. The Hall–Kier alpha value is -5.40. The van der Waals surface area contributed by atoms with Crippen molar-refractivity contribution >= 4 is 54.5 Å². The number of benzene rings is 8. The van der Waals surface area contributed by atoms with Gasteiger partial charge in [-0.25, -0.2) is 0 Å². The van der Waals surface area contributed by atoms with Gasteiger partial charge in [-0.3, -0.25) is 0 Å². The summed E-state index contributed by atoms with van der Waals surface area (Å²) in [5.41, 5.74) is 7.17. The molecule has 0 saturated heterocycles. The molecule has 41 heavy (non-hydrogen) atoms. The molecule has 0 aliphatic rings. The molecule has 0 spiro atoms. The lowest BCUT2D eigenvalue weighted by Crippen LogP contribution is -1.91. The molecule has 8 aromatic carbocycles. The smallest absolute Gasteiger partial charge is 0.0384 e. The monoisotopic (exact) mass is 521 g/mol. The topological polar surface area (TPSA) is 12.0 Å². The van der Waals surface area contributed by atoms with Crippen LogP contribution < -0.4 is 5.32 Å². The van der Waals surface area contributed by atoms with Crippen molar-refractivity contribution in [2.24, 2.45) is 0 Å². The van der Waals surface area contributed by atoms with Crippen LogP contribution in [0.2, 0.25) is 0 Å². The summed E-state index contributed by atoms with van der Waals surface area (Å²) in [4.78, 5) is 0. The number of fused-ring (bicyclic) bond motifs is 4. The highest BCUT2D eigenvalue weighted by Crippen LogP contribution is 2.38. The Bertz CT molecular complexity index is 1940. The van der Waals surface area contributed by atoms with Gasteiger partial charge < -0.3 is 5.32 Å². The molecule has 1 N–H and O–H groups in total. The molecule has 0 atom stereocenters. The number of rotatable bonds is 4. The van der Waals surface area contributed by atoms with Crippen LogP contribution in [0.5, 0.6) is 0 Å². The molecule has 0 aliphatic heterocycles. The lowest BCUT2D eigenvalue weighted by Gasteiger charge is -2.14. The zero-order valence-corrected chi connectivity index (χ0v) is 22.5. The maximum Gasteiger partial charge on any atom is 0.0384 e. The van der Waals surface area contributed by atoms with Crippen LogP contribution >= 0.6 is 0 Å². The molecule has 1 heteroatoms. The van der Waals surface area contributed by atoms with Crippen molar-refractivity contribution in [3.05, 3.63) is 158 Å². The van der Waals surface area contributed by atoms with Gasteiger partial charge in [0.25, 0.3) is 0 Å². The zero-order chi connectivity index (χ0) is 27.2. The SMILES string of the molecule is c1ccc2c(-c3ccc(Nc4ccc(-c5c6ccccc6cc6ccccc56)cc4)cc3)c3ccccc3cc2c1. The van der Waals surface area contributed by atoms with E-state index >= 15 is 0 Å². The van der Waals surface area contributed by atoms with Crippen LogP contribution in [0.3, 0.4) is 0 Å². The number of hydrogen-bond donors (Lipinski definition) is 1. The van der Waals surface area contributed by atoms with Gasteiger partial charge in [0, 0.05) is 11.4 Å². The van der Waals surface area contributed by atoms with E-state index in [-0.39, 0.29) is 0 Å². The Morgan fingerprint density at radius 1 is 0.293 bits per heavy atom. The van der Waals surface area contributed by atoms with Crippen molar-refractivity contribution in [3.63, 3.8) is 0 Å². The lowest BCUT2D eigenvalue weighted by atomic mass is 9.92. The molecule has 0 fully saturated rings. The molecule has 0 amide bonds. The van der Waals surface area contributed by atoms with Crippen LogP contribution in [0.4, 0.5) is 11.4 Å². The third-order valence-electron chi connectivity index (χ3n) is 8.18. The van der Waals surface area contributed by atoms with Crippen molar-refractivity contribution in [1.29, 1.82) is 0 Å². The van der Waals surface area contributed by atoms with Gasteiger partial charge in [-0.2, -0.15) is 0 Å². The van der Waals surface area contributed by atoms with Crippen LogP contribution in [-0.2, 0) is 0 Å². The maximum absolute atomic E-state index is 3.61. The number of nitrogens with one attached hydrogen (secondary N) is 1. The molecule has 1 nitrogen and oxygen atoms in total. The van der Waals surface area contributed by atoms with E-state index in [0.29, 0.717) is 0 Å². The maximum atomic E-state index is 3.61. The molecule has 0 aliphatic carbocycles. The van der Waals surface area contributed by atoms with Gasteiger partial charge in [0.05, 0.1) is 0 Å². The van der Waals surface area contributed by atoms with Gasteiger partial charge >= 0.3 is 0 Å². The molecule has 8 rings (SSSR count). The Labute approximate surface area is 239 Å². The quantitative estimate of drug-likeness (QED) is 0.227. The first kappa shape index (κ1) is 23.5. The molecule has 0 heterocycles. The van der Waals surface area contributed by atoms with Crippen LogP contribution in [-0.4, -0.2) is 0 Å². The van der Waals surface area contributed by atoms with E-state index in [2.05, 4.69) is 163 Å². The van der Waals surface area contributed by atoms with E-state index in [1.807, 2.05) is 0 Å². The average Bonchev–Trinajstić information content (AvgIpc) is 3.03. The Balaban J connectivity index is 1.13.